The van der Waals surface area contributed by atoms with Crippen LogP contribution in [-0.4, -0.2) is 14.5 Å². The van der Waals surface area contributed by atoms with Gasteiger partial charge in [0, 0.05) is 26.4 Å². The fraction of sp³-hybridized carbons (Fsp3) is 0.0741. The van der Waals surface area contributed by atoms with Gasteiger partial charge in [0.15, 0.2) is 0 Å². The molecule has 0 N–H and O–H groups in total. The molecule has 7 heteroatoms. The third-order valence-electron chi connectivity index (χ3n) is 6.42. The first-order valence-corrected chi connectivity index (χ1v) is 13.0. The van der Waals surface area contributed by atoms with Gasteiger partial charge in [-0.25, -0.2) is 9.97 Å². The first-order chi connectivity index (χ1) is 16.7. The molecule has 0 saturated heterocycles. The van der Waals surface area contributed by atoms with Crippen LogP contribution >= 0.6 is 34.3 Å². The Kier molecular flexibility index (Phi) is 4.49. The van der Waals surface area contributed by atoms with E-state index in [0.29, 0.717) is 9.72 Å². The van der Waals surface area contributed by atoms with Crippen LogP contribution in [0.25, 0.3) is 47.8 Å². The van der Waals surface area contributed by atoms with Gasteiger partial charge in [0.2, 0.25) is 0 Å². The minimum absolute atomic E-state index is 0.0918. The molecule has 2 aromatic carbocycles. The van der Waals surface area contributed by atoms with E-state index in [2.05, 4.69) is 41.8 Å². The predicted molar refractivity (Wildman–Crippen MR) is 142 cm³/mol. The van der Waals surface area contributed by atoms with Gasteiger partial charge in [0.25, 0.3) is 5.56 Å². The molecule has 0 fully saturated rings. The van der Waals surface area contributed by atoms with Crippen molar-refractivity contribution in [3.8, 4) is 27.4 Å². The standard InChI is InChI=1S/C27H16ClN3OS2/c28-16-8-10-17(11-9-16)31-14-29-24-22-21(20-6-3-13-33-20)19-12-7-15-4-1-2-5-18(15)23(19)30-26(22)34-25(24)27(31)32/h1-6,8-11,13-14H,7,12H2. The van der Waals surface area contributed by atoms with Crippen LogP contribution in [0.5, 0.6) is 0 Å². The highest BCUT2D eigenvalue weighted by molar-refractivity contribution is 7.25. The van der Waals surface area contributed by atoms with Crippen LogP contribution < -0.4 is 5.56 Å². The molecule has 0 unspecified atom stereocenters. The molecule has 0 atom stereocenters. The van der Waals surface area contributed by atoms with Crippen LogP contribution in [0.1, 0.15) is 11.1 Å². The van der Waals surface area contributed by atoms with Gasteiger partial charge in [-0.1, -0.05) is 41.9 Å². The summed E-state index contributed by atoms with van der Waals surface area (Å²) in [6.07, 6.45) is 3.52. The lowest BCUT2D eigenvalue weighted by molar-refractivity contribution is 0.936. The molecule has 6 aromatic rings. The van der Waals surface area contributed by atoms with Gasteiger partial charge in [0.1, 0.15) is 15.9 Å². The second-order valence-electron chi connectivity index (χ2n) is 8.30. The van der Waals surface area contributed by atoms with Crippen LogP contribution in [0.3, 0.4) is 0 Å². The Morgan fingerprint density at radius 1 is 0.971 bits per heavy atom. The van der Waals surface area contributed by atoms with Crippen molar-refractivity contribution in [2.75, 3.05) is 0 Å². The van der Waals surface area contributed by atoms with Crippen LogP contribution in [-0.2, 0) is 12.8 Å². The Balaban J connectivity index is 1.58. The van der Waals surface area contributed by atoms with Crippen molar-refractivity contribution < 1.29 is 0 Å². The third-order valence-corrected chi connectivity index (χ3v) is 8.62. The maximum absolute atomic E-state index is 13.6. The molecule has 0 aliphatic heterocycles. The Bertz CT molecular complexity index is 1780. The number of nitrogens with zero attached hydrogens (tertiary/aromatic N) is 3. The summed E-state index contributed by atoms with van der Waals surface area (Å²) in [4.78, 5) is 25.6. The molecule has 0 radical (unpaired) electrons. The molecule has 34 heavy (non-hydrogen) atoms. The van der Waals surface area contributed by atoms with E-state index in [-0.39, 0.29) is 5.56 Å². The largest absolute Gasteiger partial charge is 0.275 e. The van der Waals surface area contributed by atoms with Crippen molar-refractivity contribution in [2.45, 2.75) is 12.8 Å². The van der Waals surface area contributed by atoms with Gasteiger partial charge in [-0.2, -0.15) is 0 Å². The Hall–Kier alpha value is -3.32. The summed E-state index contributed by atoms with van der Waals surface area (Å²) >= 11 is 9.19. The lowest BCUT2D eigenvalue weighted by Gasteiger charge is -2.22. The van der Waals surface area contributed by atoms with Gasteiger partial charge < -0.3 is 0 Å². The topological polar surface area (TPSA) is 47.8 Å². The quantitative estimate of drug-likeness (QED) is 0.255. The first kappa shape index (κ1) is 20.1. The smallest absolute Gasteiger partial charge is 0.267 e. The summed E-state index contributed by atoms with van der Waals surface area (Å²) < 4.78 is 2.20. The number of rotatable bonds is 2. The van der Waals surface area contributed by atoms with E-state index >= 15 is 0 Å². The summed E-state index contributed by atoms with van der Waals surface area (Å²) in [5, 5.41) is 3.71. The molecule has 164 valence electrons. The number of hydrogen-bond donors (Lipinski definition) is 0. The predicted octanol–water partition coefficient (Wildman–Crippen LogP) is 7.14. The highest BCUT2D eigenvalue weighted by Gasteiger charge is 2.27. The number of thiophene rings is 2. The fourth-order valence-electron chi connectivity index (χ4n) is 4.87. The van der Waals surface area contributed by atoms with Crippen LogP contribution in [0.4, 0.5) is 0 Å². The van der Waals surface area contributed by atoms with Crippen molar-refractivity contribution in [3.63, 3.8) is 0 Å². The number of pyridine rings is 1. The van der Waals surface area contributed by atoms with Crippen molar-refractivity contribution in [1.29, 1.82) is 0 Å². The molecule has 0 bridgehead atoms. The van der Waals surface area contributed by atoms with E-state index in [0.717, 1.165) is 40.0 Å². The van der Waals surface area contributed by atoms with Crippen molar-refractivity contribution in [3.05, 3.63) is 98.9 Å². The maximum atomic E-state index is 13.6. The first-order valence-electron chi connectivity index (χ1n) is 10.9. The van der Waals surface area contributed by atoms with Crippen molar-refractivity contribution >= 4 is 54.7 Å². The molecule has 0 saturated carbocycles. The Morgan fingerprint density at radius 2 is 1.82 bits per heavy atom. The van der Waals surface area contributed by atoms with Gasteiger partial charge >= 0.3 is 0 Å². The van der Waals surface area contributed by atoms with E-state index in [9.17, 15) is 4.79 Å². The average molecular weight is 498 g/mol. The van der Waals surface area contributed by atoms with E-state index < -0.39 is 0 Å². The number of fused-ring (bicyclic) bond motifs is 6. The normalized spacial score (nSPS) is 12.7. The average Bonchev–Trinajstić information content (AvgIpc) is 3.52. The SMILES string of the molecule is O=c1c2sc3nc4c(c(-c5cccs5)c3c2ncn1-c1ccc(Cl)cc1)CCc1ccccc1-4. The van der Waals surface area contributed by atoms with Gasteiger partial charge in [-0.3, -0.25) is 9.36 Å². The number of halogens is 1. The minimum atomic E-state index is -0.0918. The molecule has 1 aliphatic rings. The van der Waals surface area contributed by atoms with Crippen LogP contribution in [0.2, 0.25) is 5.02 Å². The lowest BCUT2D eigenvalue weighted by Crippen LogP contribution is -2.17. The van der Waals surface area contributed by atoms with Crippen molar-refractivity contribution in [2.24, 2.45) is 0 Å². The minimum Gasteiger partial charge on any atom is -0.267 e. The summed E-state index contributed by atoms with van der Waals surface area (Å²) in [5.74, 6) is 0. The van der Waals surface area contributed by atoms with E-state index in [1.165, 1.54) is 38.5 Å². The van der Waals surface area contributed by atoms with E-state index in [4.69, 9.17) is 21.6 Å². The molecule has 4 heterocycles. The maximum Gasteiger partial charge on any atom is 0.275 e. The molecular weight excluding hydrogens is 482 g/mol. The zero-order valence-electron chi connectivity index (χ0n) is 17.8. The monoisotopic (exact) mass is 497 g/mol. The molecule has 0 spiro atoms. The highest BCUT2D eigenvalue weighted by Crippen LogP contribution is 2.46. The molecule has 1 aliphatic carbocycles. The zero-order chi connectivity index (χ0) is 22.8. The van der Waals surface area contributed by atoms with Gasteiger partial charge in [-0.15, -0.1) is 22.7 Å². The van der Waals surface area contributed by atoms with E-state index in [1.54, 1.807) is 34.4 Å². The summed E-state index contributed by atoms with van der Waals surface area (Å²) in [6.45, 7) is 0. The Morgan fingerprint density at radius 3 is 2.65 bits per heavy atom. The van der Waals surface area contributed by atoms with E-state index in [1.807, 2.05) is 12.1 Å². The fourth-order valence-corrected chi connectivity index (χ4v) is 6.87. The van der Waals surface area contributed by atoms with Gasteiger partial charge in [-0.05, 0) is 59.7 Å². The molecule has 4 nitrogen and oxygen atoms in total. The third kappa shape index (κ3) is 2.92. The number of aromatic nitrogens is 3. The molecular formula is C27H16ClN3OS2. The van der Waals surface area contributed by atoms with Crippen LogP contribution in [0, 0.1) is 0 Å². The summed E-state index contributed by atoms with van der Waals surface area (Å²) in [6, 6.07) is 19.9. The molecule has 7 rings (SSSR count). The summed E-state index contributed by atoms with van der Waals surface area (Å²) in [7, 11) is 0. The zero-order valence-corrected chi connectivity index (χ0v) is 20.2. The highest BCUT2D eigenvalue weighted by atomic mass is 35.5. The summed E-state index contributed by atoms with van der Waals surface area (Å²) in [5.41, 5.74) is 7.33. The second kappa shape index (κ2) is 7.60. The van der Waals surface area contributed by atoms with Crippen molar-refractivity contribution in [1.82, 2.24) is 14.5 Å². The van der Waals surface area contributed by atoms with Gasteiger partial charge in [0.05, 0.1) is 16.9 Å². The number of benzene rings is 2. The lowest BCUT2D eigenvalue weighted by atomic mass is 9.85. The second-order valence-corrected chi connectivity index (χ2v) is 10.7. The molecule has 4 aromatic heterocycles. The molecule has 0 amide bonds. The van der Waals surface area contributed by atoms with Crippen LogP contribution in [0.15, 0.2) is 77.2 Å². The number of hydrogen-bond acceptors (Lipinski definition) is 5. The Labute approximate surface area is 207 Å². The number of aryl methyl sites for hydroxylation is 1.